The van der Waals surface area contributed by atoms with E-state index in [0.717, 1.165) is 0 Å². The highest BCUT2D eigenvalue weighted by atomic mass is 16.5. The monoisotopic (exact) mass is 269 g/mol. The average molecular weight is 269 g/mol. The molecular formula is C11H19N5O3. The summed E-state index contributed by atoms with van der Waals surface area (Å²) in [6, 6.07) is 1.52. The van der Waals surface area contributed by atoms with Crippen LogP contribution >= 0.6 is 0 Å². The number of hydrogen-bond donors (Lipinski definition) is 3. The molecule has 1 aromatic heterocycles. The van der Waals surface area contributed by atoms with Gasteiger partial charge in [0.1, 0.15) is 18.2 Å². The Bertz CT molecular complexity index is 427. The fourth-order valence-electron chi connectivity index (χ4n) is 1.48. The summed E-state index contributed by atoms with van der Waals surface area (Å²) in [6.45, 7) is 2.13. The number of nitrogens with zero attached hydrogens (tertiary/aromatic N) is 2. The van der Waals surface area contributed by atoms with Crippen LogP contribution < -0.4 is 16.6 Å². The van der Waals surface area contributed by atoms with E-state index in [-0.39, 0.29) is 25.0 Å². The second-order valence-corrected chi connectivity index (χ2v) is 3.96. The van der Waals surface area contributed by atoms with E-state index in [0.29, 0.717) is 17.5 Å². The number of carbonyl (C=O) groups excluding carboxylic acids is 1. The van der Waals surface area contributed by atoms with Gasteiger partial charge in [-0.3, -0.25) is 4.79 Å². The lowest BCUT2D eigenvalue weighted by atomic mass is 10.2. The number of nitrogen functional groups attached to an aromatic ring is 1. The highest BCUT2D eigenvalue weighted by Crippen LogP contribution is 2.13. The number of anilines is 2. The Labute approximate surface area is 111 Å². The quantitative estimate of drug-likeness (QED) is 0.367. The number of esters is 1. The second-order valence-electron chi connectivity index (χ2n) is 3.96. The van der Waals surface area contributed by atoms with E-state index in [2.05, 4.69) is 25.4 Å². The van der Waals surface area contributed by atoms with Crippen LogP contribution in [0.4, 0.5) is 11.6 Å². The van der Waals surface area contributed by atoms with Crippen LogP contribution in [-0.2, 0) is 20.9 Å². The van der Waals surface area contributed by atoms with Crippen LogP contribution in [-0.4, -0.2) is 36.2 Å². The molecule has 8 nitrogen and oxygen atoms in total. The third-order valence-corrected chi connectivity index (χ3v) is 2.29. The summed E-state index contributed by atoms with van der Waals surface area (Å²) in [5.41, 5.74) is 2.45. The van der Waals surface area contributed by atoms with Crippen molar-refractivity contribution in [1.29, 1.82) is 0 Å². The van der Waals surface area contributed by atoms with E-state index < -0.39 is 0 Å². The molecule has 0 spiro atoms. The van der Waals surface area contributed by atoms with Gasteiger partial charge in [0.25, 0.3) is 0 Å². The van der Waals surface area contributed by atoms with Crippen molar-refractivity contribution >= 4 is 17.6 Å². The maximum atomic E-state index is 11.2. The molecule has 0 saturated heterocycles. The Kier molecular flexibility index (Phi) is 5.97. The average Bonchev–Trinajstić information content (AvgIpc) is 2.38. The first-order chi connectivity index (χ1) is 9.08. The Balaban J connectivity index is 2.75. The van der Waals surface area contributed by atoms with E-state index in [9.17, 15) is 4.79 Å². The van der Waals surface area contributed by atoms with Gasteiger partial charge in [-0.25, -0.2) is 15.8 Å². The van der Waals surface area contributed by atoms with Crippen LogP contribution in [0.3, 0.4) is 0 Å². The molecule has 0 aliphatic carbocycles. The predicted molar refractivity (Wildman–Crippen MR) is 70.3 cm³/mol. The molecular weight excluding hydrogens is 250 g/mol. The SMILES string of the molecule is COCc1nc(NN)cc(NC(C)CC(=O)OC)n1. The van der Waals surface area contributed by atoms with Gasteiger partial charge in [-0.1, -0.05) is 0 Å². The molecule has 8 heteroatoms. The zero-order valence-corrected chi connectivity index (χ0v) is 11.3. The lowest BCUT2D eigenvalue weighted by Crippen LogP contribution is -2.22. The van der Waals surface area contributed by atoms with Gasteiger partial charge in [0, 0.05) is 19.2 Å². The molecule has 0 amide bonds. The number of carbonyl (C=O) groups is 1. The maximum absolute atomic E-state index is 11.2. The van der Waals surface area contributed by atoms with Crippen molar-refractivity contribution in [2.75, 3.05) is 25.0 Å². The molecule has 0 aliphatic rings. The molecule has 0 bridgehead atoms. The Morgan fingerprint density at radius 2 is 2.11 bits per heavy atom. The molecule has 0 fully saturated rings. The van der Waals surface area contributed by atoms with Crippen LogP contribution in [0.2, 0.25) is 0 Å². The summed E-state index contributed by atoms with van der Waals surface area (Å²) >= 11 is 0. The van der Waals surface area contributed by atoms with E-state index in [1.807, 2.05) is 6.92 Å². The van der Waals surface area contributed by atoms with Crippen molar-refractivity contribution < 1.29 is 14.3 Å². The fourth-order valence-corrected chi connectivity index (χ4v) is 1.48. The van der Waals surface area contributed by atoms with Gasteiger partial charge in [-0.2, -0.15) is 0 Å². The first kappa shape index (κ1) is 15.1. The first-order valence-electron chi connectivity index (χ1n) is 5.76. The van der Waals surface area contributed by atoms with Crippen molar-refractivity contribution in [2.45, 2.75) is 26.0 Å². The minimum absolute atomic E-state index is 0.122. The van der Waals surface area contributed by atoms with Gasteiger partial charge in [0.05, 0.1) is 13.5 Å². The minimum atomic E-state index is -0.289. The zero-order valence-electron chi connectivity index (χ0n) is 11.3. The number of hydrazine groups is 1. The molecule has 0 saturated carbocycles. The summed E-state index contributed by atoms with van der Waals surface area (Å²) in [7, 11) is 2.91. The Hall–Kier alpha value is -1.93. The highest BCUT2D eigenvalue weighted by molar-refractivity contribution is 5.70. The third-order valence-electron chi connectivity index (χ3n) is 2.29. The zero-order chi connectivity index (χ0) is 14.3. The minimum Gasteiger partial charge on any atom is -0.469 e. The highest BCUT2D eigenvalue weighted by Gasteiger charge is 2.11. The van der Waals surface area contributed by atoms with Gasteiger partial charge in [-0.05, 0) is 6.92 Å². The maximum Gasteiger partial charge on any atom is 0.307 e. The largest absolute Gasteiger partial charge is 0.469 e. The fraction of sp³-hybridized carbons (Fsp3) is 0.545. The number of nitrogens with one attached hydrogen (secondary N) is 2. The Morgan fingerprint density at radius 1 is 1.42 bits per heavy atom. The number of hydrogen-bond acceptors (Lipinski definition) is 8. The number of aromatic nitrogens is 2. The van der Waals surface area contributed by atoms with Crippen molar-refractivity contribution in [3.05, 3.63) is 11.9 Å². The molecule has 1 atom stereocenters. The van der Waals surface area contributed by atoms with Gasteiger partial charge >= 0.3 is 5.97 Å². The van der Waals surface area contributed by atoms with E-state index in [4.69, 9.17) is 10.6 Å². The number of ether oxygens (including phenoxy) is 2. The van der Waals surface area contributed by atoms with Gasteiger partial charge in [0.2, 0.25) is 0 Å². The van der Waals surface area contributed by atoms with Crippen molar-refractivity contribution in [1.82, 2.24) is 9.97 Å². The van der Waals surface area contributed by atoms with Gasteiger partial charge in [0.15, 0.2) is 5.82 Å². The molecule has 1 aromatic rings. The van der Waals surface area contributed by atoms with E-state index in [1.54, 1.807) is 13.2 Å². The molecule has 4 N–H and O–H groups in total. The summed E-state index contributed by atoms with van der Waals surface area (Å²) < 4.78 is 9.58. The van der Waals surface area contributed by atoms with Crippen molar-refractivity contribution in [3.8, 4) is 0 Å². The van der Waals surface area contributed by atoms with Crippen LogP contribution in [0, 0.1) is 0 Å². The number of rotatable bonds is 7. The second kappa shape index (κ2) is 7.49. The first-order valence-corrected chi connectivity index (χ1v) is 5.76. The lowest BCUT2D eigenvalue weighted by Gasteiger charge is -2.14. The van der Waals surface area contributed by atoms with Gasteiger partial charge < -0.3 is 20.2 Å². The lowest BCUT2D eigenvalue weighted by molar-refractivity contribution is -0.140. The topological polar surface area (TPSA) is 111 Å². The standard InChI is InChI=1S/C11H19N5O3/c1-7(4-11(17)19-3)13-8-5-9(16-12)15-10(14-8)6-18-2/h5,7H,4,6,12H2,1-3H3,(H2,13,14,15,16). The van der Waals surface area contributed by atoms with E-state index in [1.165, 1.54) is 7.11 Å². The van der Waals surface area contributed by atoms with Gasteiger partial charge in [-0.15, -0.1) is 0 Å². The molecule has 1 heterocycles. The summed E-state index contributed by atoms with van der Waals surface area (Å²) in [5.74, 6) is 6.57. The molecule has 1 unspecified atom stereocenters. The Morgan fingerprint density at radius 3 is 2.68 bits per heavy atom. The molecule has 0 aromatic carbocycles. The van der Waals surface area contributed by atoms with Crippen molar-refractivity contribution in [3.63, 3.8) is 0 Å². The van der Waals surface area contributed by atoms with E-state index >= 15 is 0 Å². The summed E-state index contributed by atoms with van der Waals surface area (Å²) in [5, 5.41) is 3.08. The smallest absolute Gasteiger partial charge is 0.307 e. The van der Waals surface area contributed by atoms with Crippen LogP contribution in [0.5, 0.6) is 0 Å². The molecule has 0 aliphatic heterocycles. The number of methoxy groups -OCH3 is 2. The van der Waals surface area contributed by atoms with Crippen LogP contribution in [0.1, 0.15) is 19.2 Å². The number of nitrogens with two attached hydrogens (primary N) is 1. The summed E-state index contributed by atoms with van der Waals surface area (Å²) in [4.78, 5) is 19.5. The summed E-state index contributed by atoms with van der Waals surface area (Å²) in [6.07, 6.45) is 0.242. The molecule has 0 radical (unpaired) electrons. The van der Waals surface area contributed by atoms with Crippen LogP contribution in [0.15, 0.2) is 6.07 Å². The predicted octanol–water partition coefficient (Wildman–Crippen LogP) is 0.272. The van der Waals surface area contributed by atoms with Crippen LogP contribution in [0.25, 0.3) is 0 Å². The third kappa shape index (κ3) is 5.06. The molecule has 19 heavy (non-hydrogen) atoms. The van der Waals surface area contributed by atoms with Crippen molar-refractivity contribution in [2.24, 2.45) is 5.84 Å². The normalized spacial score (nSPS) is 11.8. The molecule has 1 rings (SSSR count). The molecule has 106 valence electrons.